The summed E-state index contributed by atoms with van der Waals surface area (Å²) in [6.45, 7) is 27.5. The van der Waals surface area contributed by atoms with Crippen LogP contribution in [0.5, 0.6) is 5.88 Å². The highest BCUT2D eigenvalue weighted by molar-refractivity contribution is 6.29. The predicted octanol–water partition coefficient (Wildman–Crippen LogP) is 8.18. The molecule has 0 aliphatic rings. The van der Waals surface area contributed by atoms with Crippen LogP contribution in [0.4, 0.5) is 0 Å². The molecule has 0 saturated carbocycles. The molecule has 0 aliphatic carbocycles. The zero-order chi connectivity index (χ0) is 23.0. The Bertz CT molecular complexity index is 566. The zero-order valence-electron chi connectivity index (χ0n) is 19.7. The highest BCUT2D eigenvalue weighted by atomic mass is 35.5. The molecule has 0 atom stereocenters. The van der Waals surface area contributed by atoms with Crippen molar-refractivity contribution in [3.63, 3.8) is 0 Å². The molecule has 0 aromatic carbocycles. The van der Waals surface area contributed by atoms with Crippen molar-refractivity contribution in [2.45, 2.75) is 75.8 Å². The molecule has 1 aromatic rings. The van der Waals surface area contributed by atoms with Gasteiger partial charge in [-0.25, -0.2) is 9.98 Å². The van der Waals surface area contributed by atoms with Crippen molar-refractivity contribution in [3.05, 3.63) is 60.7 Å². The van der Waals surface area contributed by atoms with Crippen LogP contribution in [0, 0.1) is 0 Å². The van der Waals surface area contributed by atoms with Crippen LogP contribution >= 0.6 is 11.6 Å². The van der Waals surface area contributed by atoms with Crippen LogP contribution < -0.4 is 4.74 Å². The zero-order valence-corrected chi connectivity index (χ0v) is 20.5. The summed E-state index contributed by atoms with van der Waals surface area (Å²) in [5.74, 6) is 1.09. The second-order valence-electron chi connectivity index (χ2n) is 4.01. The molecule has 0 aliphatic heterocycles. The number of hydrogen-bond donors (Lipinski definition) is 0. The molecule has 4 nitrogen and oxygen atoms in total. The van der Waals surface area contributed by atoms with E-state index in [9.17, 15) is 0 Å². The van der Waals surface area contributed by atoms with Gasteiger partial charge in [0.05, 0.1) is 19.1 Å². The molecule has 0 bridgehead atoms. The van der Waals surface area contributed by atoms with Gasteiger partial charge in [-0.3, -0.25) is 4.57 Å². The third-order valence-electron chi connectivity index (χ3n) is 2.30. The van der Waals surface area contributed by atoms with E-state index in [2.05, 4.69) is 23.1 Å². The molecule has 0 saturated heterocycles. The van der Waals surface area contributed by atoms with E-state index in [1.807, 2.05) is 66.0 Å². The van der Waals surface area contributed by atoms with Gasteiger partial charge in [-0.2, -0.15) is 0 Å². The molecule has 1 heterocycles. The van der Waals surface area contributed by atoms with Crippen molar-refractivity contribution >= 4 is 17.5 Å². The van der Waals surface area contributed by atoms with Gasteiger partial charge in [0.2, 0.25) is 5.88 Å². The monoisotopic (exact) mass is 411 g/mol. The van der Waals surface area contributed by atoms with Gasteiger partial charge >= 0.3 is 0 Å². The Morgan fingerprint density at radius 2 is 1.64 bits per heavy atom. The summed E-state index contributed by atoms with van der Waals surface area (Å²) in [5.41, 5.74) is 1.01. The summed E-state index contributed by atoms with van der Waals surface area (Å²) >= 11 is 5.71. The van der Waals surface area contributed by atoms with E-state index in [1.165, 1.54) is 6.20 Å². The Morgan fingerprint density at radius 3 is 2.07 bits per heavy atom. The molecule has 5 heteroatoms. The summed E-state index contributed by atoms with van der Waals surface area (Å²) in [6, 6.07) is 0. The second-order valence-corrected chi connectivity index (χ2v) is 4.60. The molecule has 162 valence electrons. The van der Waals surface area contributed by atoms with Gasteiger partial charge in [-0.15, -0.1) is 0 Å². The van der Waals surface area contributed by atoms with E-state index >= 15 is 0 Å². The summed E-state index contributed by atoms with van der Waals surface area (Å²) in [4.78, 5) is 8.16. The normalized spacial score (nSPS) is 10.3. The second kappa shape index (κ2) is 27.2. The molecule has 0 amide bonds. The number of rotatable bonds is 6. The van der Waals surface area contributed by atoms with Crippen molar-refractivity contribution in [1.82, 2.24) is 9.55 Å². The minimum absolute atomic E-state index is 0.486. The lowest BCUT2D eigenvalue weighted by Gasteiger charge is -2.09. The maximum atomic E-state index is 5.71. The SMILES string of the molecule is C=C/C=C(\C=C)Cn1cncc1OC(C)=N/C=C(\C)Cl.CC.CC.CC.CC. The van der Waals surface area contributed by atoms with Crippen LogP contribution in [0.15, 0.2) is 65.7 Å². The lowest BCUT2D eigenvalue weighted by Crippen LogP contribution is -2.08. The van der Waals surface area contributed by atoms with Crippen molar-refractivity contribution in [3.8, 4) is 5.88 Å². The molecular weight excluding hydrogens is 370 g/mol. The smallest absolute Gasteiger partial charge is 0.221 e. The van der Waals surface area contributed by atoms with Crippen LogP contribution in [0.2, 0.25) is 0 Å². The molecular formula is C23H42ClN3O. The van der Waals surface area contributed by atoms with Crippen LogP contribution in [-0.2, 0) is 6.54 Å². The third kappa shape index (κ3) is 18.7. The minimum Gasteiger partial charge on any atom is -0.425 e. The average molecular weight is 412 g/mol. The van der Waals surface area contributed by atoms with E-state index in [4.69, 9.17) is 16.3 Å². The van der Waals surface area contributed by atoms with Gasteiger partial charge in [-0.05, 0) is 12.5 Å². The van der Waals surface area contributed by atoms with E-state index < -0.39 is 0 Å². The van der Waals surface area contributed by atoms with Crippen LogP contribution in [0.25, 0.3) is 0 Å². The van der Waals surface area contributed by atoms with Crippen LogP contribution in [0.3, 0.4) is 0 Å². The van der Waals surface area contributed by atoms with Gasteiger partial charge in [-0.1, -0.05) is 98.4 Å². The van der Waals surface area contributed by atoms with Gasteiger partial charge in [0, 0.05) is 18.2 Å². The van der Waals surface area contributed by atoms with Crippen LogP contribution in [-0.4, -0.2) is 15.4 Å². The van der Waals surface area contributed by atoms with Crippen LogP contribution in [0.1, 0.15) is 69.2 Å². The number of aromatic nitrogens is 2. The van der Waals surface area contributed by atoms with E-state index in [-0.39, 0.29) is 0 Å². The Balaban J connectivity index is -0.000000318. The quantitative estimate of drug-likeness (QED) is 0.269. The fourth-order valence-electron chi connectivity index (χ4n) is 1.40. The lowest BCUT2D eigenvalue weighted by atomic mass is 10.2. The largest absolute Gasteiger partial charge is 0.425 e. The Hall–Kier alpha value is -2.07. The molecule has 0 radical (unpaired) electrons. The molecule has 1 rings (SSSR count). The van der Waals surface area contributed by atoms with Gasteiger partial charge in [0.25, 0.3) is 0 Å². The third-order valence-corrected chi connectivity index (χ3v) is 2.40. The first kappa shape index (κ1) is 33.5. The van der Waals surface area contributed by atoms with Crippen molar-refractivity contribution < 1.29 is 4.74 Å². The fraction of sp³-hybridized carbons (Fsp3) is 0.478. The number of nitrogens with zero attached hydrogens (tertiary/aromatic N) is 3. The average Bonchev–Trinajstić information content (AvgIpc) is 3.18. The summed E-state index contributed by atoms with van der Waals surface area (Å²) < 4.78 is 7.47. The molecule has 1 aromatic heterocycles. The first-order valence-corrected chi connectivity index (χ1v) is 10.4. The molecule has 0 fully saturated rings. The highest BCUT2D eigenvalue weighted by Crippen LogP contribution is 2.14. The summed E-state index contributed by atoms with van der Waals surface area (Å²) in [6.07, 6.45) is 10.2. The number of ether oxygens (including phenoxy) is 1. The predicted molar refractivity (Wildman–Crippen MR) is 129 cm³/mol. The lowest BCUT2D eigenvalue weighted by molar-refractivity contribution is 0.488. The number of hydrogen-bond acceptors (Lipinski definition) is 3. The fourth-order valence-corrected chi connectivity index (χ4v) is 1.45. The summed E-state index contributed by atoms with van der Waals surface area (Å²) in [7, 11) is 0. The van der Waals surface area contributed by atoms with Gasteiger partial charge in [0.15, 0.2) is 5.90 Å². The van der Waals surface area contributed by atoms with Crippen molar-refractivity contribution in [2.75, 3.05) is 0 Å². The van der Waals surface area contributed by atoms with Gasteiger partial charge < -0.3 is 4.74 Å². The maximum Gasteiger partial charge on any atom is 0.221 e. The van der Waals surface area contributed by atoms with Crippen molar-refractivity contribution in [1.29, 1.82) is 0 Å². The Kier molecular flexibility index (Phi) is 32.5. The number of halogens is 1. The first-order chi connectivity index (χ1) is 13.6. The maximum absolute atomic E-state index is 5.71. The Morgan fingerprint density at radius 1 is 1.11 bits per heavy atom. The first-order valence-electron chi connectivity index (χ1n) is 10.1. The van der Waals surface area contributed by atoms with Crippen molar-refractivity contribution in [2.24, 2.45) is 4.99 Å². The minimum atomic E-state index is 0.486. The van der Waals surface area contributed by atoms with E-state index in [0.717, 1.165) is 5.57 Å². The van der Waals surface area contributed by atoms with E-state index in [1.54, 1.807) is 38.5 Å². The topological polar surface area (TPSA) is 39.4 Å². The number of imidazole rings is 1. The highest BCUT2D eigenvalue weighted by Gasteiger charge is 2.05. The number of allylic oxidation sites excluding steroid dienone is 5. The standard InChI is InChI=1S/C15H18ClN3O.4C2H6/c1-5-7-14(6-2)10-19-11-17-9-15(19)20-13(4)18-8-12(3)16;4*1-2/h5-9,11H,1-2,10H2,3-4H3;4*1-2H3/b12-8+,14-7+,18-13?;;;;. The molecule has 0 spiro atoms. The molecule has 28 heavy (non-hydrogen) atoms. The van der Waals surface area contributed by atoms with E-state index in [0.29, 0.717) is 23.4 Å². The van der Waals surface area contributed by atoms with Gasteiger partial charge in [0.1, 0.15) is 0 Å². The molecule has 0 unspecified atom stereocenters. The number of aliphatic imine (C=N–C) groups is 1. The molecule has 0 N–H and O–H groups in total. The summed E-state index contributed by atoms with van der Waals surface area (Å²) in [5, 5.41) is 0.587. The Labute approximate surface area is 179 Å².